The van der Waals surface area contributed by atoms with Crippen LogP contribution >= 0.6 is 0 Å². The van der Waals surface area contributed by atoms with Gasteiger partial charge < -0.3 is 9.88 Å². The summed E-state index contributed by atoms with van der Waals surface area (Å²) in [5.41, 5.74) is 5.64. The van der Waals surface area contributed by atoms with E-state index in [0.29, 0.717) is 0 Å². The molecule has 1 aromatic carbocycles. The van der Waals surface area contributed by atoms with Crippen molar-refractivity contribution in [1.82, 2.24) is 9.88 Å². The zero-order chi connectivity index (χ0) is 14.7. The van der Waals surface area contributed by atoms with Gasteiger partial charge in [0, 0.05) is 35.6 Å². The Kier molecular flexibility index (Phi) is 3.61. The van der Waals surface area contributed by atoms with E-state index in [-0.39, 0.29) is 0 Å². The topological polar surface area (TPSA) is 19.0 Å². The third-order valence-electron chi connectivity index (χ3n) is 3.54. The summed E-state index contributed by atoms with van der Waals surface area (Å²) in [5.74, 6) is 0. The number of hydrogen-bond donors (Lipinski definition) is 1. The molecule has 2 heteroatoms. The van der Waals surface area contributed by atoms with Crippen molar-refractivity contribution in [3.63, 3.8) is 0 Å². The molecule has 1 aliphatic rings. The molecule has 21 heavy (non-hydrogen) atoms. The number of H-pyrrole nitrogens is 1. The molecule has 0 unspecified atom stereocenters. The molecule has 2 aromatic rings. The molecular formula is C19H18N2. The lowest BCUT2D eigenvalue weighted by molar-refractivity contribution is 0.651. The fourth-order valence-corrected chi connectivity index (χ4v) is 2.35. The first-order valence-electron chi connectivity index (χ1n) is 6.99. The number of hydrogen-bond acceptors (Lipinski definition) is 1. The van der Waals surface area contributed by atoms with Gasteiger partial charge in [-0.2, -0.15) is 0 Å². The van der Waals surface area contributed by atoms with Crippen molar-refractivity contribution in [2.45, 2.75) is 6.92 Å². The second-order valence-electron chi connectivity index (χ2n) is 5.08. The van der Waals surface area contributed by atoms with Crippen LogP contribution in [0.15, 0.2) is 85.5 Å². The Balaban J connectivity index is 1.81. The lowest BCUT2D eigenvalue weighted by Gasteiger charge is -2.22. The number of nitrogens with one attached hydrogen (secondary N) is 1. The Morgan fingerprint density at radius 3 is 2.62 bits per heavy atom. The van der Waals surface area contributed by atoms with Crippen molar-refractivity contribution in [2.75, 3.05) is 0 Å². The number of allylic oxidation sites excluding steroid dienone is 4. The van der Waals surface area contributed by atoms with E-state index in [1.807, 2.05) is 24.5 Å². The van der Waals surface area contributed by atoms with Gasteiger partial charge in [-0.25, -0.2) is 0 Å². The van der Waals surface area contributed by atoms with Gasteiger partial charge in [0.2, 0.25) is 0 Å². The third kappa shape index (κ3) is 2.90. The van der Waals surface area contributed by atoms with Gasteiger partial charge in [-0.05, 0) is 42.3 Å². The van der Waals surface area contributed by atoms with Crippen LogP contribution in [-0.4, -0.2) is 9.88 Å². The van der Waals surface area contributed by atoms with Crippen molar-refractivity contribution in [2.24, 2.45) is 0 Å². The van der Waals surface area contributed by atoms with E-state index in [1.54, 1.807) is 0 Å². The van der Waals surface area contributed by atoms with E-state index in [0.717, 1.165) is 17.0 Å². The van der Waals surface area contributed by atoms with Crippen molar-refractivity contribution in [1.29, 1.82) is 0 Å². The van der Waals surface area contributed by atoms with Gasteiger partial charge in [0.25, 0.3) is 0 Å². The Labute approximate surface area is 125 Å². The van der Waals surface area contributed by atoms with Gasteiger partial charge in [-0.3, -0.25) is 0 Å². The summed E-state index contributed by atoms with van der Waals surface area (Å²) < 4.78 is 0. The van der Waals surface area contributed by atoms with E-state index < -0.39 is 0 Å². The van der Waals surface area contributed by atoms with Gasteiger partial charge in [0.1, 0.15) is 0 Å². The summed E-state index contributed by atoms with van der Waals surface area (Å²) >= 11 is 0. The Morgan fingerprint density at radius 1 is 1.14 bits per heavy atom. The first kappa shape index (κ1) is 13.3. The second-order valence-corrected chi connectivity index (χ2v) is 5.08. The Bertz CT molecular complexity index is 716. The highest BCUT2D eigenvalue weighted by molar-refractivity contribution is 5.75. The molecule has 0 saturated heterocycles. The normalized spacial score (nSPS) is 15.3. The zero-order valence-corrected chi connectivity index (χ0v) is 12.1. The summed E-state index contributed by atoms with van der Waals surface area (Å²) in [5, 5.41) is 0. The fraction of sp³-hybridized carbons (Fsp3) is 0.0526. The quantitative estimate of drug-likeness (QED) is 0.851. The number of benzene rings is 1. The van der Waals surface area contributed by atoms with Crippen molar-refractivity contribution >= 4 is 11.1 Å². The molecule has 3 rings (SSSR count). The fourth-order valence-electron chi connectivity index (χ4n) is 2.35. The second kappa shape index (κ2) is 5.71. The summed E-state index contributed by atoms with van der Waals surface area (Å²) in [6.45, 7) is 6.25. The van der Waals surface area contributed by atoms with E-state index in [2.05, 4.69) is 72.1 Å². The number of aromatic nitrogens is 1. The van der Waals surface area contributed by atoms with Gasteiger partial charge in [0.05, 0.1) is 0 Å². The minimum absolute atomic E-state index is 0.956. The monoisotopic (exact) mass is 274 g/mol. The summed E-state index contributed by atoms with van der Waals surface area (Å²) in [6.07, 6.45) is 10.3. The molecule has 0 aliphatic carbocycles. The Morgan fingerprint density at radius 2 is 1.95 bits per heavy atom. The van der Waals surface area contributed by atoms with Gasteiger partial charge in [-0.1, -0.05) is 36.9 Å². The first-order valence-corrected chi connectivity index (χ1v) is 6.99. The molecule has 1 N–H and O–H groups in total. The molecule has 0 saturated carbocycles. The van der Waals surface area contributed by atoms with Crippen LogP contribution in [0.2, 0.25) is 0 Å². The molecule has 2 heterocycles. The van der Waals surface area contributed by atoms with Gasteiger partial charge in [-0.15, -0.1) is 0 Å². The van der Waals surface area contributed by atoms with E-state index in [4.69, 9.17) is 0 Å². The molecule has 0 radical (unpaired) electrons. The summed E-state index contributed by atoms with van der Waals surface area (Å²) in [4.78, 5) is 5.26. The van der Waals surface area contributed by atoms with Crippen molar-refractivity contribution in [3.8, 4) is 0 Å². The maximum Gasteiger partial charge on any atom is 0.0455 e. The van der Waals surface area contributed by atoms with Crippen LogP contribution in [0.4, 0.5) is 0 Å². The average Bonchev–Trinajstić information content (AvgIpc) is 3.04. The predicted octanol–water partition coefficient (Wildman–Crippen LogP) is 4.80. The number of aromatic amines is 1. The van der Waals surface area contributed by atoms with Crippen LogP contribution < -0.4 is 0 Å². The largest absolute Gasteiger partial charge is 0.361 e. The predicted molar refractivity (Wildman–Crippen MR) is 89.0 cm³/mol. The van der Waals surface area contributed by atoms with Crippen LogP contribution in [0.1, 0.15) is 18.2 Å². The van der Waals surface area contributed by atoms with Crippen LogP contribution in [0, 0.1) is 0 Å². The smallest absolute Gasteiger partial charge is 0.0455 e. The zero-order valence-electron chi connectivity index (χ0n) is 12.1. The molecule has 0 atom stereocenters. The van der Waals surface area contributed by atoms with E-state index in [9.17, 15) is 0 Å². The molecule has 104 valence electrons. The highest BCUT2D eigenvalue weighted by Crippen LogP contribution is 2.25. The maximum atomic E-state index is 4.14. The maximum absolute atomic E-state index is 4.14. The van der Waals surface area contributed by atoms with Crippen molar-refractivity contribution in [3.05, 3.63) is 96.7 Å². The van der Waals surface area contributed by atoms with E-state index >= 15 is 0 Å². The molecule has 2 nitrogen and oxygen atoms in total. The Hall–Kier alpha value is -2.74. The first-order chi connectivity index (χ1) is 10.2. The minimum Gasteiger partial charge on any atom is -0.361 e. The lowest BCUT2D eigenvalue weighted by atomic mass is 10.1. The summed E-state index contributed by atoms with van der Waals surface area (Å²) in [7, 11) is 0. The van der Waals surface area contributed by atoms with Crippen LogP contribution in [0.3, 0.4) is 0 Å². The molecule has 1 aromatic heterocycles. The SMILES string of the molecule is C=C1C=C(c2ccc[nH]2)C=CN1/C=C(\C)c1ccccc1. The molecular weight excluding hydrogens is 256 g/mol. The van der Waals surface area contributed by atoms with Crippen LogP contribution in [0.25, 0.3) is 11.1 Å². The van der Waals surface area contributed by atoms with E-state index in [1.165, 1.54) is 11.1 Å². The highest BCUT2D eigenvalue weighted by Gasteiger charge is 2.09. The molecule has 0 spiro atoms. The van der Waals surface area contributed by atoms with Gasteiger partial charge in [0.15, 0.2) is 0 Å². The number of nitrogens with zero attached hydrogens (tertiary/aromatic N) is 1. The highest BCUT2D eigenvalue weighted by atomic mass is 15.1. The molecule has 0 bridgehead atoms. The standard InChI is InChI=1S/C19H18N2/c1-15(17-7-4-3-5-8-17)14-21-12-10-18(13-16(21)2)19-9-6-11-20-19/h3-14,20H,2H2,1H3/b15-14+. The average molecular weight is 274 g/mol. The third-order valence-corrected chi connectivity index (χ3v) is 3.54. The van der Waals surface area contributed by atoms with Crippen LogP contribution in [-0.2, 0) is 0 Å². The molecule has 0 amide bonds. The molecule has 0 fully saturated rings. The molecule has 1 aliphatic heterocycles. The van der Waals surface area contributed by atoms with Crippen LogP contribution in [0.5, 0.6) is 0 Å². The number of rotatable bonds is 3. The van der Waals surface area contributed by atoms with Crippen molar-refractivity contribution < 1.29 is 0 Å². The lowest BCUT2D eigenvalue weighted by Crippen LogP contribution is -2.10. The van der Waals surface area contributed by atoms with Gasteiger partial charge >= 0.3 is 0 Å². The summed E-state index contributed by atoms with van der Waals surface area (Å²) in [6, 6.07) is 14.4. The minimum atomic E-state index is 0.956.